The lowest BCUT2D eigenvalue weighted by Crippen LogP contribution is -2.06. The van der Waals surface area contributed by atoms with E-state index in [9.17, 15) is 14.9 Å². The smallest absolute Gasteiger partial charge is 0.365 e. The molecule has 1 rings (SSSR count). The van der Waals surface area contributed by atoms with Gasteiger partial charge >= 0.3 is 11.7 Å². The van der Waals surface area contributed by atoms with Crippen LogP contribution < -0.4 is 0 Å². The highest BCUT2D eigenvalue weighted by molar-refractivity contribution is 5.92. The summed E-state index contributed by atoms with van der Waals surface area (Å²) in [6.07, 6.45) is 0. The molecular weight excluding hydrogens is 214 g/mol. The summed E-state index contributed by atoms with van der Waals surface area (Å²) >= 11 is 0. The van der Waals surface area contributed by atoms with Crippen molar-refractivity contribution in [2.75, 3.05) is 7.11 Å². The first-order valence-corrected chi connectivity index (χ1v) is 4.69. The van der Waals surface area contributed by atoms with Crippen LogP contribution in [0.3, 0.4) is 0 Å². The maximum Gasteiger partial charge on any atom is 0.365 e. The van der Waals surface area contributed by atoms with Crippen LogP contribution in [0.25, 0.3) is 0 Å². The molecular formula is C9H13N3O4. The van der Waals surface area contributed by atoms with E-state index in [-0.39, 0.29) is 17.3 Å². The first-order valence-electron chi connectivity index (χ1n) is 4.69. The third kappa shape index (κ3) is 1.88. The van der Waals surface area contributed by atoms with Gasteiger partial charge in [0.15, 0.2) is 0 Å². The van der Waals surface area contributed by atoms with Gasteiger partial charge in [-0.2, -0.15) is 5.10 Å². The number of hydrogen-bond donors (Lipinski definition) is 0. The average molecular weight is 227 g/mol. The fourth-order valence-corrected chi connectivity index (χ4v) is 1.59. The first kappa shape index (κ1) is 12.2. The molecule has 88 valence electrons. The van der Waals surface area contributed by atoms with Crippen LogP contribution in [0, 0.1) is 10.1 Å². The minimum Gasteiger partial charge on any atom is -0.464 e. The van der Waals surface area contributed by atoms with Crippen molar-refractivity contribution < 1.29 is 14.5 Å². The van der Waals surface area contributed by atoms with Crippen LogP contribution in [0.5, 0.6) is 0 Å². The summed E-state index contributed by atoms with van der Waals surface area (Å²) in [7, 11) is 2.73. The molecule has 7 heteroatoms. The maximum absolute atomic E-state index is 11.3. The first-order chi connectivity index (χ1) is 7.40. The summed E-state index contributed by atoms with van der Waals surface area (Å²) in [4.78, 5) is 21.6. The summed E-state index contributed by atoms with van der Waals surface area (Å²) in [5, 5.41) is 14.7. The predicted octanol–water partition coefficient (Wildman–Crippen LogP) is 1.24. The number of nitro groups is 1. The molecule has 1 heterocycles. The van der Waals surface area contributed by atoms with Crippen molar-refractivity contribution in [3.63, 3.8) is 0 Å². The van der Waals surface area contributed by atoms with Gasteiger partial charge in [-0.3, -0.25) is 14.8 Å². The van der Waals surface area contributed by atoms with Gasteiger partial charge < -0.3 is 4.74 Å². The molecule has 0 N–H and O–H groups in total. The lowest BCUT2D eigenvalue weighted by atomic mass is 10.1. The van der Waals surface area contributed by atoms with Gasteiger partial charge in [-0.05, 0) is 0 Å². The second kappa shape index (κ2) is 4.30. The zero-order chi connectivity index (χ0) is 12.5. The Bertz CT molecular complexity index is 436. The number of carbonyl (C=O) groups excluding carboxylic acids is 1. The molecule has 0 aliphatic heterocycles. The average Bonchev–Trinajstić information content (AvgIpc) is 2.54. The number of methoxy groups -OCH3 is 1. The van der Waals surface area contributed by atoms with Crippen molar-refractivity contribution in [2.45, 2.75) is 19.8 Å². The standard InChI is InChI=1S/C9H13N3O4/c1-5(2)7-8(12(14)15)6(9(13)16-4)10-11(7)3/h5H,1-4H3. The van der Waals surface area contributed by atoms with Crippen LogP contribution >= 0.6 is 0 Å². The lowest BCUT2D eigenvalue weighted by Gasteiger charge is -2.03. The van der Waals surface area contributed by atoms with Crippen molar-refractivity contribution in [3.8, 4) is 0 Å². The molecule has 0 spiro atoms. The molecule has 0 bridgehead atoms. The van der Waals surface area contributed by atoms with Gasteiger partial charge in [-0.15, -0.1) is 0 Å². The summed E-state index contributed by atoms with van der Waals surface area (Å²) in [5.74, 6) is -0.898. The monoisotopic (exact) mass is 227 g/mol. The SMILES string of the molecule is COC(=O)c1nn(C)c(C(C)C)c1[N+](=O)[O-]. The Morgan fingerprint density at radius 3 is 2.50 bits per heavy atom. The Morgan fingerprint density at radius 2 is 2.12 bits per heavy atom. The molecule has 1 aromatic rings. The van der Waals surface area contributed by atoms with Crippen molar-refractivity contribution >= 4 is 11.7 Å². The van der Waals surface area contributed by atoms with Crippen molar-refractivity contribution in [3.05, 3.63) is 21.5 Å². The number of aryl methyl sites for hydroxylation is 1. The number of esters is 1. The fourth-order valence-electron chi connectivity index (χ4n) is 1.59. The number of carbonyl (C=O) groups is 1. The molecule has 16 heavy (non-hydrogen) atoms. The molecule has 7 nitrogen and oxygen atoms in total. The zero-order valence-electron chi connectivity index (χ0n) is 9.55. The van der Waals surface area contributed by atoms with Gasteiger partial charge in [0.05, 0.1) is 12.0 Å². The number of rotatable bonds is 3. The highest BCUT2D eigenvalue weighted by Gasteiger charge is 2.32. The number of aromatic nitrogens is 2. The Morgan fingerprint density at radius 1 is 1.56 bits per heavy atom. The van der Waals surface area contributed by atoms with Crippen molar-refractivity contribution in [1.82, 2.24) is 9.78 Å². The van der Waals surface area contributed by atoms with Gasteiger partial charge in [-0.1, -0.05) is 13.8 Å². The van der Waals surface area contributed by atoms with Crippen LogP contribution in [0.15, 0.2) is 0 Å². The van der Waals surface area contributed by atoms with Crippen LogP contribution in [0.2, 0.25) is 0 Å². The van der Waals surface area contributed by atoms with Gasteiger partial charge in [0.25, 0.3) is 0 Å². The van der Waals surface area contributed by atoms with E-state index in [0.717, 1.165) is 7.11 Å². The topological polar surface area (TPSA) is 87.3 Å². The van der Waals surface area contributed by atoms with Crippen LogP contribution in [0.1, 0.15) is 35.9 Å². The highest BCUT2D eigenvalue weighted by Crippen LogP contribution is 2.29. The Hall–Kier alpha value is -1.92. The molecule has 0 saturated heterocycles. The molecule has 0 unspecified atom stereocenters. The van der Waals surface area contributed by atoms with E-state index >= 15 is 0 Å². The second-order valence-electron chi connectivity index (χ2n) is 3.61. The molecule has 0 aliphatic rings. The minimum absolute atomic E-state index is 0.101. The third-order valence-corrected chi connectivity index (χ3v) is 2.17. The molecule has 0 amide bonds. The zero-order valence-corrected chi connectivity index (χ0v) is 9.55. The third-order valence-electron chi connectivity index (χ3n) is 2.17. The normalized spacial score (nSPS) is 10.6. The van der Waals surface area contributed by atoms with Gasteiger partial charge in [0.1, 0.15) is 5.69 Å². The number of ether oxygens (including phenoxy) is 1. The van der Waals surface area contributed by atoms with E-state index in [2.05, 4.69) is 9.84 Å². The van der Waals surface area contributed by atoms with Crippen molar-refractivity contribution in [1.29, 1.82) is 0 Å². The molecule has 0 fully saturated rings. The summed E-state index contributed by atoms with van der Waals surface area (Å²) in [6.45, 7) is 3.59. The summed E-state index contributed by atoms with van der Waals surface area (Å²) < 4.78 is 5.80. The van der Waals surface area contributed by atoms with E-state index < -0.39 is 10.9 Å². The second-order valence-corrected chi connectivity index (χ2v) is 3.61. The molecule has 0 radical (unpaired) electrons. The number of hydrogen-bond acceptors (Lipinski definition) is 5. The summed E-state index contributed by atoms with van der Waals surface area (Å²) in [6, 6.07) is 0. The van der Waals surface area contributed by atoms with Crippen LogP contribution in [-0.4, -0.2) is 27.8 Å². The van der Waals surface area contributed by atoms with Gasteiger partial charge in [-0.25, -0.2) is 4.79 Å². The van der Waals surface area contributed by atoms with E-state index in [1.54, 1.807) is 20.9 Å². The number of nitrogens with zero attached hydrogens (tertiary/aromatic N) is 3. The van der Waals surface area contributed by atoms with Gasteiger partial charge in [0, 0.05) is 13.0 Å². The molecule has 0 aromatic carbocycles. The largest absolute Gasteiger partial charge is 0.464 e. The Balaban J connectivity index is 3.47. The van der Waals surface area contributed by atoms with Gasteiger partial charge in [0.2, 0.25) is 5.69 Å². The Kier molecular flexibility index (Phi) is 3.26. The van der Waals surface area contributed by atoms with Crippen molar-refractivity contribution in [2.24, 2.45) is 7.05 Å². The molecule has 1 aromatic heterocycles. The molecule has 0 saturated carbocycles. The minimum atomic E-state index is -0.797. The maximum atomic E-state index is 11.3. The molecule has 0 aliphatic carbocycles. The van der Waals surface area contributed by atoms with E-state index in [4.69, 9.17) is 0 Å². The van der Waals surface area contributed by atoms with E-state index in [1.807, 2.05) is 0 Å². The molecule has 0 atom stereocenters. The fraction of sp³-hybridized carbons (Fsp3) is 0.556. The predicted molar refractivity (Wildman–Crippen MR) is 55.3 cm³/mol. The van der Waals surface area contributed by atoms with E-state index in [0.29, 0.717) is 5.69 Å². The Labute approximate surface area is 92.2 Å². The summed E-state index contributed by atoms with van der Waals surface area (Å²) in [5.41, 5.74) is -0.117. The van der Waals surface area contributed by atoms with E-state index in [1.165, 1.54) is 4.68 Å². The van der Waals surface area contributed by atoms with Crippen LogP contribution in [0.4, 0.5) is 5.69 Å². The quantitative estimate of drug-likeness (QED) is 0.440. The lowest BCUT2D eigenvalue weighted by molar-refractivity contribution is -0.386. The van der Waals surface area contributed by atoms with Crippen LogP contribution in [-0.2, 0) is 11.8 Å². The highest BCUT2D eigenvalue weighted by atomic mass is 16.6.